The molecule has 1 heterocycles. The lowest BCUT2D eigenvalue weighted by Gasteiger charge is -2.23. The molecule has 6 nitrogen and oxygen atoms in total. The lowest BCUT2D eigenvalue weighted by Crippen LogP contribution is -2.38. The Morgan fingerprint density at radius 2 is 2.04 bits per heavy atom. The second-order valence-electron chi connectivity index (χ2n) is 6.56. The summed E-state index contributed by atoms with van der Waals surface area (Å²) >= 11 is 0. The highest BCUT2D eigenvalue weighted by Gasteiger charge is 2.38. The Morgan fingerprint density at radius 1 is 1.35 bits per heavy atom. The molecule has 0 aliphatic heterocycles. The summed E-state index contributed by atoms with van der Waals surface area (Å²) in [6.07, 6.45) is 3.68. The molecule has 0 aromatic carbocycles. The van der Waals surface area contributed by atoms with Crippen molar-refractivity contribution in [3.63, 3.8) is 0 Å². The topological polar surface area (TPSA) is 87.8 Å². The molecule has 3 rings (SSSR count). The summed E-state index contributed by atoms with van der Waals surface area (Å²) in [5, 5.41) is 9.10. The number of hydrogen-bond acceptors (Lipinski definition) is 4. The Bertz CT molecular complexity index is 671. The van der Waals surface area contributed by atoms with Crippen LogP contribution in [0.3, 0.4) is 0 Å². The quantitative estimate of drug-likeness (QED) is 0.900. The Hall–Kier alpha value is -2.11. The van der Waals surface area contributed by atoms with Crippen LogP contribution in [0.15, 0.2) is 4.42 Å². The van der Waals surface area contributed by atoms with Crippen LogP contribution in [0.1, 0.15) is 64.8 Å². The highest BCUT2D eigenvalue weighted by atomic mass is 16.4. The van der Waals surface area contributed by atoms with Crippen molar-refractivity contribution in [1.82, 2.24) is 4.90 Å². The highest BCUT2D eigenvalue weighted by Crippen LogP contribution is 2.33. The van der Waals surface area contributed by atoms with Crippen molar-refractivity contribution < 1.29 is 23.9 Å². The number of carbonyl (C=O) groups excluding carboxylic acids is 2. The van der Waals surface area contributed by atoms with Gasteiger partial charge >= 0.3 is 5.97 Å². The number of rotatable bonds is 5. The van der Waals surface area contributed by atoms with Crippen LogP contribution in [-0.4, -0.2) is 40.3 Å². The second-order valence-corrected chi connectivity index (χ2v) is 6.56. The molecule has 0 spiro atoms. The number of aryl methyl sites for hydroxylation is 1. The Kier molecular flexibility index (Phi) is 4.00. The zero-order valence-corrected chi connectivity index (χ0v) is 13.4. The maximum Gasteiger partial charge on any atom is 0.308 e. The summed E-state index contributed by atoms with van der Waals surface area (Å²) in [7, 11) is 0. The number of carboxylic acids is 1. The predicted octanol–water partition coefficient (Wildman–Crippen LogP) is 2.43. The highest BCUT2D eigenvalue weighted by molar-refractivity contribution is 6.03. The zero-order valence-electron chi connectivity index (χ0n) is 13.4. The predicted molar refractivity (Wildman–Crippen MR) is 81.6 cm³/mol. The number of ketones is 1. The van der Waals surface area contributed by atoms with E-state index >= 15 is 0 Å². The number of aliphatic carboxylic acids is 1. The molecule has 1 saturated carbocycles. The fourth-order valence-corrected chi connectivity index (χ4v) is 3.14. The van der Waals surface area contributed by atoms with Gasteiger partial charge in [0.2, 0.25) is 0 Å². The summed E-state index contributed by atoms with van der Waals surface area (Å²) < 4.78 is 5.71. The van der Waals surface area contributed by atoms with Gasteiger partial charge in [-0.2, -0.15) is 0 Å². The second kappa shape index (κ2) is 5.83. The number of amides is 1. The number of furan rings is 1. The molecule has 0 bridgehead atoms. The van der Waals surface area contributed by atoms with E-state index in [4.69, 9.17) is 9.52 Å². The minimum absolute atomic E-state index is 0.0309. The monoisotopic (exact) mass is 319 g/mol. The summed E-state index contributed by atoms with van der Waals surface area (Å²) in [4.78, 5) is 37.6. The number of Topliss-reactive ketones (excluding diaryl/α,β-unsaturated/α-hetero) is 1. The molecule has 6 heteroatoms. The third-order valence-corrected chi connectivity index (χ3v) is 4.64. The van der Waals surface area contributed by atoms with E-state index in [1.165, 1.54) is 0 Å². The number of fused-ring (bicyclic) bond motifs is 1. The van der Waals surface area contributed by atoms with Gasteiger partial charge in [-0.05, 0) is 26.2 Å². The number of carboxylic acid groups (broad SMARTS) is 1. The average molecular weight is 319 g/mol. The molecule has 1 aromatic rings. The van der Waals surface area contributed by atoms with Crippen molar-refractivity contribution in [2.24, 2.45) is 5.92 Å². The minimum atomic E-state index is -0.922. The maximum absolute atomic E-state index is 12.9. The average Bonchev–Trinajstić information content (AvgIpc) is 3.28. The first-order valence-corrected chi connectivity index (χ1v) is 8.09. The summed E-state index contributed by atoms with van der Waals surface area (Å²) in [6, 6.07) is 0.0847. The molecule has 124 valence electrons. The Balaban J connectivity index is 1.89. The van der Waals surface area contributed by atoms with Crippen LogP contribution in [-0.2, 0) is 11.2 Å². The SMILES string of the molecule is Cc1c(C(=O)N(CC(C)C(=O)O)C2CC2)oc2c1C(=O)CCC2. The molecule has 0 saturated heterocycles. The first-order valence-electron chi connectivity index (χ1n) is 8.09. The molecular weight excluding hydrogens is 298 g/mol. The van der Waals surface area contributed by atoms with E-state index in [-0.39, 0.29) is 30.0 Å². The van der Waals surface area contributed by atoms with Crippen molar-refractivity contribution in [2.45, 2.75) is 52.0 Å². The van der Waals surface area contributed by atoms with Gasteiger partial charge in [0.25, 0.3) is 5.91 Å². The lowest BCUT2D eigenvalue weighted by molar-refractivity contribution is -0.141. The van der Waals surface area contributed by atoms with Crippen LogP contribution in [0.2, 0.25) is 0 Å². The summed E-state index contributed by atoms with van der Waals surface area (Å²) in [5.74, 6) is -1.01. The van der Waals surface area contributed by atoms with Crippen LogP contribution in [0.25, 0.3) is 0 Å². The molecule has 23 heavy (non-hydrogen) atoms. The normalized spacial score (nSPS) is 18.4. The van der Waals surface area contributed by atoms with E-state index < -0.39 is 11.9 Å². The van der Waals surface area contributed by atoms with E-state index in [0.717, 1.165) is 19.3 Å². The third kappa shape index (κ3) is 2.90. The van der Waals surface area contributed by atoms with E-state index in [2.05, 4.69) is 0 Å². The molecule has 1 amide bonds. The summed E-state index contributed by atoms with van der Waals surface area (Å²) in [5.41, 5.74) is 1.16. The molecule has 1 aromatic heterocycles. The summed E-state index contributed by atoms with van der Waals surface area (Å²) in [6.45, 7) is 3.50. The molecule has 0 radical (unpaired) electrons. The van der Waals surface area contributed by atoms with Gasteiger partial charge in [0.05, 0.1) is 11.5 Å². The number of nitrogens with zero attached hydrogens (tertiary/aromatic N) is 1. The molecule has 1 N–H and O–H groups in total. The van der Waals surface area contributed by atoms with Crippen molar-refractivity contribution in [2.75, 3.05) is 6.54 Å². The number of hydrogen-bond donors (Lipinski definition) is 1. The Morgan fingerprint density at radius 3 is 2.61 bits per heavy atom. The van der Waals surface area contributed by atoms with Gasteiger partial charge < -0.3 is 14.4 Å². The molecule has 1 unspecified atom stereocenters. The van der Waals surface area contributed by atoms with Gasteiger partial charge in [-0.1, -0.05) is 6.92 Å². The van der Waals surface area contributed by atoms with Gasteiger partial charge in [-0.3, -0.25) is 14.4 Å². The lowest BCUT2D eigenvalue weighted by atomic mass is 9.94. The zero-order chi connectivity index (χ0) is 16.7. The van der Waals surface area contributed by atoms with Crippen LogP contribution in [0, 0.1) is 12.8 Å². The van der Waals surface area contributed by atoms with Crippen LogP contribution in [0.5, 0.6) is 0 Å². The van der Waals surface area contributed by atoms with E-state index in [1.807, 2.05) is 0 Å². The first kappa shape index (κ1) is 15.8. The van der Waals surface area contributed by atoms with Gasteiger partial charge in [0.15, 0.2) is 11.5 Å². The molecule has 2 aliphatic rings. The van der Waals surface area contributed by atoms with Crippen molar-refractivity contribution in [3.8, 4) is 0 Å². The molecule has 1 fully saturated rings. The van der Waals surface area contributed by atoms with Crippen LogP contribution in [0.4, 0.5) is 0 Å². The van der Waals surface area contributed by atoms with Crippen molar-refractivity contribution >= 4 is 17.7 Å². The van der Waals surface area contributed by atoms with Crippen molar-refractivity contribution in [3.05, 3.63) is 22.6 Å². The fraction of sp³-hybridized carbons (Fsp3) is 0.588. The minimum Gasteiger partial charge on any atom is -0.481 e. The standard InChI is InChI=1S/C17H21NO5/c1-9(17(21)22)8-18(11-6-7-11)16(20)15-10(2)14-12(19)4-3-5-13(14)23-15/h9,11H,3-8H2,1-2H3,(H,21,22). The number of carbonyl (C=O) groups is 3. The van der Waals surface area contributed by atoms with E-state index in [0.29, 0.717) is 29.7 Å². The van der Waals surface area contributed by atoms with Crippen LogP contribution >= 0.6 is 0 Å². The molecule has 1 atom stereocenters. The first-order chi connectivity index (χ1) is 10.9. The Labute approximate surface area is 134 Å². The smallest absolute Gasteiger partial charge is 0.308 e. The third-order valence-electron chi connectivity index (χ3n) is 4.64. The van der Waals surface area contributed by atoms with Gasteiger partial charge in [0.1, 0.15) is 5.76 Å². The van der Waals surface area contributed by atoms with Gasteiger partial charge in [-0.15, -0.1) is 0 Å². The molecule has 2 aliphatic carbocycles. The van der Waals surface area contributed by atoms with E-state index in [9.17, 15) is 14.4 Å². The fourth-order valence-electron chi connectivity index (χ4n) is 3.14. The maximum atomic E-state index is 12.9. The largest absolute Gasteiger partial charge is 0.481 e. The van der Waals surface area contributed by atoms with Gasteiger partial charge in [-0.25, -0.2) is 0 Å². The van der Waals surface area contributed by atoms with Crippen molar-refractivity contribution in [1.29, 1.82) is 0 Å². The van der Waals surface area contributed by atoms with Crippen LogP contribution < -0.4 is 0 Å². The molecular formula is C17H21NO5. The van der Waals surface area contributed by atoms with E-state index in [1.54, 1.807) is 18.7 Å². The van der Waals surface area contributed by atoms with Gasteiger partial charge in [0, 0.05) is 31.0 Å².